The standard InChI is InChI=1S/C14H23NO/c1-11-7-5-6-8-13(11)16-10-12(15)9-14(2,3)4/h5-8,12H,9-10,15H2,1-4H3. The van der Waals surface area contributed by atoms with Crippen LogP contribution in [0.15, 0.2) is 24.3 Å². The van der Waals surface area contributed by atoms with Crippen LogP contribution >= 0.6 is 0 Å². The average molecular weight is 221 g/mol. The number of hydrogen-bond acceptors (Lipinski definition) is 2. The Bertz CT molecular complexity index is 328. The lowest BCUT2D eigenvalue weighted by Gasteiger charge is -2.23. The topological polar surface area (TPSA) is 35.2 Å². The van der Waals surface area contributed by atoms with Crippen molar-refractivity contribution in [1.29, 1.82) is 0 Å². The second kappa shape index (κ2) is 5.35. The van der Waals surface area contributed by atoms with Crippen LogP contribution in [0.5, 0.6) is 5.75 Å². The number of nitrogens with two attached hydrogens (primary N) is 1. The summed E-state index contributed by atoms with van der Waals surface area (Å²) < 4.78 is 5.72. The van der Waals surface area contributed by atoms with Gasteiger partial charge in [0.25, 0.3) is 0 Å². The predicted molar refractivity (Wildman–Crippen MR) is 68.7 cm³/mol. The highest BCUT2D eigenvalue weighted by Crippen LogP contribution is 2.21. The smallest absolute Gasteiger partial charge is 0.122 e. The van der Waals surface area contributed by atoms with Crippen LogP contribution in [0, 0.1) is 12.3 Å². The van der Waals surface area contributed by atoms with Gasteiger partial charge in [0.2, 0.25) is 0 Å². The van der Waals surface area contributed by atoms with Gasteiger partial charge < -0.3 is 10.5 Å². The lowest BCUT2D eigenvalue weighted by atomic mass is 9.89. The summed E-state index contributed by atoms with van der Waals surface area (Å²) in [5.41, 5.74) is 7.45. The lowest BCUT2D eigenvalue weighted by molar-refractivity contribution is 0.240. The molecule has 0 spiro atoms. The lowest BCUT2D eigenvalue weighted by Crippen LogP contribution is -2.32. The van der Waals surface area contributed by atoms with E-state index in [4.69, 9.17) is 10.5 Å². The van der Waals surface area contributed by atoms with Gasteiger partial charge in [0.1, 0.15) is 12.4 Å². The minimum atomic E-state index is 0.0969. The normalized spacial score (nSPS) is 13.6. The van der Waals surface area contributed by atoms with E-state index in [-0.39, 0.29) is 11.5 Å². The summed E-state index contributed by atoms with van der Waals surface area (Å²) in [6.07, 6.45) is 0.971. The molecule has 1 aromatic rings. The zero-order valence-electron chi connectivity index (χ0n) is 10.8. The molecule has 0 bridgehead atoms. The Labute approximate surface area is 98.8 Å². The zero-order chi connectivity index (χ0) is 12.2. The summed E-state index contributed by atoms with van der Waals surface area (Å²) in [6.45, 7) is 9.22. The van der Waals surface area contributed by atoms with Gasteiger partial charge in [-0.15, -0.1) is 0 Å². The van der Waals surface area contributed by atoms with Crippen molar-refractivity contribution in [1.82, 2.24) is 0 Å². The van der Waals surface area contributed by atoms with Gasteiger partial charge in [0.05, 0.1) is 0 Å². The van der Waals surface area contributed by atoms with Crippen molar-refractivity contribution in [2.45, 2.75) is 40.2 Å². The van der Waals surface area contributed by atoms with Crippen LogP contribution in [0.2, 0.25) is 0 Å². The molecule has 0 heterocycles. The molecule has 16 heavy (non-hydrogen) atoms. The van der Waals surface area contributed by atoms with Crippen LogP contribution in [0.25, 0.3) is 0 Å². The van der Waals surface area contributed by atoms with Crippen molar-refractivity contribution in [2.24, 2.45) is 11.1 Å². The average Bonchev–Trinajstić information content (AvgIpc) is 2.14. The van der Waals surface area contributed by atoms with Gasteiger partial charge in [-0.1, -0.05) is 39.0 Å². The Kier molecular flexibility index (Phi) is 4.36. The molecule has 0 saturated heterocycles. The van der Waals surface area contributed by atoms with Gasteiger partial charge in [-0.05, 0) is 30.4 Å². The molecule has 0 radical (unpaired) electrons. The van der Waals surface area contributed by atoms with E-state index in [1.807, 2.05) is 31.2 Å². The molecule has 0 saturated carbocycles. The first kappa shape index (κ1) is 13.0. The molecule has 0 aliphatic heterocycles. The van der Waals surface area contributed by atoms with Crippen LogP contribution in [0.3, 0.4) is 0 Å². The third-order valence-electron chi connectivity index (χ3n) is 2.42. The molecule has 0 amide bonds. The number of hydrogen-bond donors (Lipinski definition) is 1. The molecule has 0 aliphatic carbocycles. The van der Waals surface area contributed by atoms with Crippen LogP contribution in [0.4, 0.5) is 0 Å². The summed E-state index contributed by atoms with van der Waals surface area (Å²) >= 11 is 0. The molecule has 0 aromatic heterocycles. The van der Waals surface area contributed by atoms with Crippen molar-refractivity contribution < 1.29 is 4.74 Å². The molecule has 2 nitrogen and oxygen atoms in total. The number of ether oxygens (including phenoxy) is 1. The molecular weight excluding hydrogens is 198 g/mol. The van der Waals surface area contributed by atoms with E-state index in [2.05, 4.69) is 20.8 Å². The molecule has 1 rings (SSSR count). The third kappa shape index (κ3) is 4.67. The van der Waals surface area contributed by atoms with Crippen LogP contribution < -0.4 is 10.5 Å². The predicted octanol–water partition coefficient (Wildman–Crippen LogP) is 3.14. The largest absolute Gasteiger partial charge is 0.492 e. The first-order valence-electron chi connectivity index (χ1n) is 5.82. The summed E-state index contributed by atoms with van der Waals surface area (Å²) in [7, 11) is 0. The molecule has 1 atom stereocenters. The summed E-state index contributed by atoms with van der Waals surface area (Å²) in [5, 5.41) is 0. The maximum Gasteiger partial charge on any atom is 0.122 e. The minimum absolute atomic E-state index is 0.0969. The maximum atomic E-state index is 6.03. The molecule has 2 N–H and O–H groups in total. The Morgan fingerprint density at radius 3 is 2.44 bits per heavy atom. The van der Waals surface area contributed by atoms with Gasteiger partial charge in [-0.3, -0.25) is 0 Å². The first-order valence-corrected chi connectivity index (χ1v) is 5.82. The third-order valence-corrected chi connectivity index (χ3v) is 2.42. The molecule has 1 aromatic carbocycles. The fourth-order valence-electron chi connectivity index (χ4n) is 1.76. The number of benzene rings is 1. The molecule has 90 valence electrons. The number of rotatable bonds is 4. The Morgan fingerprint density at radius 1 is 1.25 bits per heavy atom. The minimum Gasteiger partial charge on any atom is -0.492 e. The van der Waals surface area contributed by atoms with Gasteiger partial charge in [-0.2, -0.15) is 0 Å². The van der Waals surface area contributed by atoms with Crippen LogP contribution in [-0.4, -0.2) is 12.6 Å². The highest BCUT2D eigenvalue weighted by molar-refractivity contribution is 5.31. The van der Waals surface area contributed by atoms with Crippen molar-refractivity contribution in [3.63, 3.8) is 0 Å². The highest BCUT2D eigenvalue weighted by Gasteiger charge is 2.16. The summed E-state index contributed by atoms with van der Waals surface area (Å²) in [6, 6.07) is 8.12. The monoisotopic (exact) mass is 221 g/mol. The Hall–Kier alpha value is -1.02. The Morgan fingerprint density at radius 2 is 1.88 bits per heavy atom. The summed E-state index contributed by atoms with van der Waals surface area (Å²) in [5.74, 6) is 0.937. The second-order valence-electron chi connectivity index (χ2n) is 5.60. The van der Waals surface area contributed by atoms with E-state index in [0.717, 1.165) is 17.7 Å². The quantitative estimate of drug-likeness (QED) is 0.847. The molecule has 0 aliphatic rings. The fourth-order valence-corrected chi connectivity index (χ4v) is 1.76. The van der Waals surface area contributed by atoms with Crippen LogP contribution in [0.1, 0.15) is 32.8 Å². The first-order chi connectivity index (χ1) is 7.38. The molecule has 0 fully saturated rings. The van der Waals surface area contributed by atoms with E-state index >= 15 is 0 Å². The number of aryl methyl sites for hydroxylation is 1. The molecular formula is C14H23NO. The van der Waals surface area contributed by atoms with Gasteiger partial charge in [0, 0.05) is 6.04 Å². The van der Waals surface area contributed by atoms with Gasteiger partial charge >= 0.3 is 0 Å². The van der Waals surface area contributed by atoms with Gasteiger partial charge in [0.15, 0.2) is 0 Å². The second-order valence-corrected chi connectivity index (χ2v) is 5.60. The van der Waals surface area contributed by atoms with E-state index < -0.39 is 0 Å². The maximum absolute atomic E-state index is 6.03. The molecule has 1 unspecified atom stereocenters. The van der Waals surface area contributed by atoms with E-state index in [9.17, 15) is 0 Å². The van der Waals surface area contributed by atoms with Crippen molar-refractivity contribution in [2.75, 3.05) is 6.61 Å². The Balaban J connectivity index is 2.43. The molecule has 2 heteroatoms. The highest BCUT2D eigenvalue weighted by atomic mass is 16.5. The van der Waals surface area contributed by atoms with Crippen molar-refractivity contribution >= 4 is 0 Å². The van der Waals surface area contributed by atoms with Crippen molar-refractivity contribution in [3.05, 3.63) is 29.8 Å². The van der Waals surface area contributed by atoms with Crippen molar-refractivity contribution in [3.8, 4) is 5.75 Å². The summed E-state index contributed by atoms with van der Waals surface area (Å²) in [4.78, 5) is 0. The van der Waals surface area contributed by atoms with Gasteiger partial charge in [-0.25, -0.2) is 0 Å². The number of para-hydroxylation sites is 1. The van der Waals surface area contributed by atoms with E-state index in [0.29, 0.717) is 6.61 Å². The SMILES string of the molecule is Cc1ccccc1OCC(N)CC(C)(C)C. The van der Waals surface area contributed by atoms with E-state index in [1.165, 1.54) is 0 Å². The fraction of sp³-hybridized carbons (Fsp3) is 0.571. The van der Waals surface area contributed by atoms with E-state index in [1.54, 1.807) is 0 Å². The zero-order valence-corrected chi connectivity index (χ0v) is 10.8. The van der Waals surface area contributed by atoms with Crippen LogP contribution in [-0.2, 0) is 0 Å².